The summed E-state index contributed by atoms with van der Waals surface area (Å²) in [6, 6.07) is 0. The molecular weight excluding hydrogens is 240 g/mol. The number of rotatable bonds is 2. The van der Waals surface area contributed by atoms with E-state index in [4.69, 9.17) is 9.84 Å². The van der Waals surface area contributed by atoms with Crippen LogP contribution < -0.4 is 5.69 Å². The molecular formula is C10H12N4O4. The minimum absolute atomic E-state index is 0.238. The van der Waals surface area contributed by atoms with Crippen molar-refractivity contribution in [2.45, 2.75) is 24.9 Å². The van der Waals surface area contributed by atoms with Gasteiger partial charge in [-0.05, 0) is 0 Å². The highest BCUT2D eigenvalue weighted by Gasteiger charge is 2.36. The van der Waals surface area contributed by atoms with Crippen LogP contribution >= 0.6 is 0 Å². The molecule has 0 saturated carbocycles. The number of nitrogens with one attached hydrogen (secondary N) is 1. The molecule has 1 saturated heterocycles. The fourth-order valence-electron chi connectivity index (χ4n) is 2.18. The molecule has 3 N–H and O–H groups in total. The number of H-pyrrole nitrogens is 1. The molecule has 0 amide bonds. The second-order valence-corrected chi connectivity index (χ2v) is 4.17. The summed E-state index contributed by atoms with van der Waals surface area (Å²) in [7, 11) is 0. The van der Waals surface area contributed by atoms with Crippen molar-refractivity contribution in [3.05, 3.63) is 23.0 Å². The number of fused-ring (bicyclic) bond motifs is 1. The van der Waals surface area contributed by atoms with E-state index in [0.717, 1.165) is 0 Å². The first-order chi connectivity index (χ1) is 8.70. The Labute approximate surface area is 101 Å². The second-order valence-electron chi connectivity index (χ2n) is 4.17. The van der Waals surface area contributed by atoms with Gasteiger partial charge < -0.3 is 19.9 Å². The number of aromatic amines is 1. The molecule has 1 aliphatic heterocycles. The summed E-state index contributed by atoms with van der Waals surface area (Å²) in [5.41, 5.74) is 0.556. The van der Waals surface area contributed by atoms with Gasteiger partial charge in [0, 0.05) is 6.42 Å². The molecule has 3 rings (SSSR count). The molecule has 96 valence electrons. The van der Waals surface area contributed by atoms with E-state index in [1.54, 1.807) is 0 Å². The van der Waals surface area contributed by atoms with Crippen molar-refractivity contribution in [1.82, 2.24) is 19.5 Å². The van der Waals surface area contributed by atoms with Crippen LogP contribution in [0.5, 0.6) is 0 Å². The van der Waals surface area contributed by atoms with E-state index >= 15 is 0 Å². The van der Waals surface area contributed by atoms with Crippen molar-refractivity contribution < 1.29 is 14.9 Å². The van der Waals surface area contributed by atoms with Gasteiger partial charge in [-0.3, -0.25) is 0 Å². The standard InChI is InChI=1S/C10H12N4O4/c15-3-7-6(16)1-8(18-7)14-9-5(13-10(14)17)2-11-4-12-9/h2,4,6-8,15-16H,1,3H2,(H,13,17)/t6-,7+,8+/m0/s1. The Balaban J connectivity index is 2.05. The Hall–Kier alpha value is -1.77. The van der Waals surface area contributed by atoms with E-state index in [-0.39, 0.29) is 18.7 Å². The van der Waals surface area contributed by atoms with Crippen LogP contribution in [-0.2, 0) is 4.74 Å². The maximum atomic E-state index is 11.8. The highest BCUT2D eigenvalue weighted by Crippen LogP contribution is 2.28. The molecule has 8 heteroatoms. The summed E-state index contributed by atoms with van der Waals surface area (Å²) in [6.07, 6.45) is 0.971. The van der Waals surface area contributed by atoms with Crippen LogP contribution in [0.1, 0.15) is 12.6 Å². The van der Waals surface area contributed by atoms with Gasteiger partial charge >= 0.3 is 5.69 Å². The fourth-order valence-corrected chi connectivity index (χ4v) is 2.18. The van der Waals surface area contributed by atoms with Crippen LogP contribution in [-0.4, -0.2) is 48.5 Å². The zero-order chi connectivity index (χ0) is 12.7. The molecule has 3 heterocycles. The maximum Gasteiger partial charge on any atom is 0.329 e. The summed E-state index contributed by atoms with van der Waals surface area (Å²) in [5, 5.41) is 18.7. The van der Waals surface area contributed by atoms with Gasteiger partial charge in [-0.25, -0.2) is 19.3 Å². The molecule has 1 aliphatic rings. The van der Waals surface area contributed by atoms with E-state index < -0.39 is 18.4 Å². The molecule has 0 spiro atoms. The van der Waals surface area contributed by atoms with E-state index in [2.05, 4.69) is 15.0 Å². The van der Waals surface area contributed by atoms with Crippen LogP contribution in [0.3, 0.4) is 0 Å². The summed E-state index contributed by atoms with van der Waals surface area (Å²) in [4.78, 5) is 22.3. The number of imidazole rings is 1. The SMILES string of the molecule is O=c1[nH]c2cncnc2n1[C@H]1C[C@H](O)[C@@H](CO)O1. The Kier molecular flexibility index (Phi) is 2.62. The molecule has 3 atom stereocenters. The van der Waals surface area contributed by atoms with Gasteiger partial charge in [-0.15, -0.1) is 0 Å². The largest absolute Gasteiger partial charge is 0.394 e. The first-order valence-corrected chi connectivity index (χ1v) is 5.55. The molecule has 2 aromatic heterocycles. The van der Waals surface area contributed by atoms with Crippen LogP contribution in [0.25, 0.3) is 11.2 Å². The summed E-state index contributed by atoms with van der Waals surface area (Å²) >= 11 is 0. The lowest BCUT2D eigenvalue weighted by molar-refractivity contribution is -0.0441. The van der Waals surface area contributed by atoms with Crippen LogP contribution in [0, 0.1) is 0 Å². The third-order valence-corrected chi connectivity index (χ3v) is 3.05. The highest BCUT2D eigenvalue weighted by molar-refractivity contribution is 5.68. The normalized spacial score (nSPS) is 28.0. The third-order valence-electron chi connectivity index (χ3n) is 3.05. The molecule has 0 unspecified atom stereocenters. The van der Waals surface area contributed by atoms with Gasteiger partial charge in [0.2, 0.25) is 0 Å². The summed E-state index contributed by atoms with van der Waals surface area (Å²) in [6.45, 7) is -0.288. The van der Waals surface area contributed by atoms with Crippen molar-refractivity contribution in [2.24, 2.45) is 0 Å². The highest BCUT2D eigenvalue weighted by atomic mass is 16.5. The number of hydrogen-bond donors (Lipinski definition) is 3. The average Bonchev–Trinajstić information content (AvgIpc) is 2.88. The zero-order valence-electron chi connectivity index (χ0n) is 9.35. The van der Waals surface area contributed by atoms with Crippen molar-refractivity contribution in [3.8, 4) is 0 Å². The van der Waals surface area contributed by atoms with Gasteiger partial charge in [0.15, 0.2) is 5.65 Å². The molecule has 1 fully saturated rings. The number of nitrogens with zero attached hydrogens (tertiary/aromatic N) is 3. The maximum absolute atomic E-state index is 11.8. The van der Waals surface area contributed by atoms with E-state index in [9.17, 15) is 9.90 Å². The second kappa shape index (κ2) is 4.16. The topological polar surface area (TPSA) is 113 Å². The Morgan fingerprint density at radius 2 is 2.44 bits per heavy atom. The van der Waals surface area contributed by atoms with Crippen LogP contribution in [0.4, 0.5) is 0 Å². The quantitative estimate of drug-likeness (QED) is 0.616. The summed E-state index contributed by atoms with van der Waals surface area (Å²) in [5.74, 6) is 0. The predicted octanol–water partition coefficient (Wildman–Crippen LogP) is -1.24. The Morgan fingerprint density at radius 3 is 3.17 bits per heavy atom. The number of aliphatic hydroxyl groups excluding tert-OH is 2. The van der Waals surface area contributed by atoms with E-state index in [1.165, 1.54) is 17.1 Å². The molecule has 8 nitrogen and oxygen atoms in total. The smallest absolute Gasteiger partial charge is 0.329 e. The molecule has 0 aromatic carbocycles. The molecule has 2 aromatic rings. The van der Waals surface area contributed by atoms with Crippen molar-refractivity contribution in [3.63, 3.8) is 0 Å². The van der Waals surface area contributed by atoms with E-state index in [0.29, 0.717) is 11.2 Å². The van der Waals surface area contributed by atoms with Gasteiger partial charge in [-0.2, -0.15) is 0 Å². The summed E-state index contributed by atoms with van der Waals surface area (Å²) < 4.78 is 6.77. The van der Waals surface area contributed by atoms with Crippen LogP contribution in [0.15, 0.2) is 17.3 Å². The number of aliphatic hydroxyl groups is 2. The Morgan fingerprint density at radius 1 is 1.61 bits per heavy atom. The molecule has 18 heavy (non-hydrogen) atoms. The Bertz CT molecular complexity index is 622. The monoisotopic (exact) mass is 252 g/mol. The minimum Gasteiger partial charge on any atom is -0.394 e. The van der Waals surface area contributed by atoms with Crippen molar-refractivity contribution >= 4 is 11.2 Å². The van der Waals surface area contributed by atoms with Gasteiger partial charge in [0.25, 0.3) is 0 Å². The van der Waals surface area contributed by atoms with Gasteiger partial charge in [0.05, 0.1) is 18.9 Å². The van der Waals surface area contributed by atoms with Gasteiger partial charge in [0.1, 0.15) is 24.2 Å². The van der Waals surface area contributed by atoms with Gasteiger partial charge in [-0.1, -0.05) is 0 Å². The fraction of sp³-hybridized carbons (Fsp3) is 0.500. The number of aromatic nitrogens is 4. The lowest BCUT2D eigenvalue weighted by atomic mass is 10.2. The van der Waals surface area contributed by atoms with Crippen molar-refractivity contribution in [2.75, 3.05) is 6.61 Å². The number of ether oxygens (including phenoxy) is 1. The third kappa shape index (κ3) is 1.62. The average molecular weight is 252 g/mol. The van der Waals surface area contributed by atoms with Crippen LogP contribution in [0.2, 0.25) is 0 Å². The lowest BCUT2D eigenvalue weighted by Crippen LogP contribution is -2.25. The molecule has 0 bridgehead atoms. The molecule has 0 aliphatic carbocycles. The first-order valence-electron chi connectivity index (χ1n) is 5.55. The van der Waals surface area contributed by atoms with E-state index in [1.807, 2.05) is 0 Å². The minimum atomic E-state index is -0.793. The molecule has 0 radical (unpaired) electrons. The number of hydrogen-bond acceptors (Lipinski definition) is 6. The van der Waals surface area contributed by atoms with Crippen molar-refractivity contribution in [1.29, 1.82) is 0 Å². The predicted molar refractivity (Wildman–Crippen MR) is 59.8 cm³/mol. The zero-order valence-corrected chi connectivity index (χ0v) is 9.35. The lowest BCUT2D eigenvalue weighted by Gasteiger charge is -2.12. The first kappa shape index (κ1) is 11.3.